The van der Waals surface area contributed by atoms with Crippen molar-refractivity contribution < 1.29 is 23.7 Å². The first-order chi connectivity index (χ1) is 16.9. The molecule has 3 heterocycles. The molecule has 0 spiro atoms. The van der Waals surface area contributed by atoms with Gasteiger partial charge in [-0.2, -0.15) is 0 Å². The number of ether oxygens (including phenoxy) is 4. The standard InChI is InChI=1S/C25H21BrN2O6S/c1-4-32-24(30)21-13(2)27-25-28(22(21)14-5-7-16(31-3)8-6-14)23(29)20(35-25)10-15-9-18-19(11-17(15)26)34-12-33-18/h5-11,22H,4,12H2,1-3H3/b20-10+. The molecule has 5 rings (SSSR count). The second-order valence-corrected chi connectivity index (χ2v) is 9.67. The minimum absolute atomic E-state index is 0.158. The number of rotatable bonds is 5. The normalized spacial score (nSPS) is 16.7. The van der Waals surface area contributed by atoms with Gasteiger partial charge in [0.1, 0.15) is 5.75 Å². The Labute approximate surface area is 212 Å². The van der Waals surface area contributed by atoms with Gasteiger partial charge in [0, 0.05) is 4.47 Å². The Morgan fingerprint density at radius 2 is 1.97 bits per heavy atom. The van der Waals surface area contributed by atoms with Crippen LogP contribution in [-0.2, 0) is 9.53 Å². The molecule has 2 aromatic carbocycles. The molecule has 0 saturated carbocycles. The lowest BCUT2D eigenvalue weighted by atomic mass is 9.96. The molecule has 0 aliphatic carbocycles. The minimum atomic E-state index is -0.682. The Hall–Kier alpha value is -3.37. The SMILES string of the molecule is CCOC(=O)C1=C(C)N=c2s/c(=C/c3cc4c(cc3Br)OCO4)c(=O)n2C1c1ccc(OC)cc1. The third-order valence-electron chi connectivity index (χ3n) is 5.73. The highest BCUT2D eigenvalue weighted by Gasteiger charge is 2.33. The van der Waals surface area contributed by atoms with Gasteiger partial charge in [0.2, 0.25) is 6.79 Å². The van der Waals surface area contributed by atoms with Crippen LogP contribution in [0.1, 0.15) is 31.0 Å². The summed E-state index contributed by atoms with van der Waals surface area (Å²) in [6, 6.07) is 10.2. The Kier molecular flexibility index (Phi) is 6.24. The van der Waals surface area contributed by atoms with E-state index in [0.29, 0.717) is 37.9 Å². The molecule has 2 aliphatic rings. The third-order valence-corrected chi connectivity index (χ3v) is 7.40. The number of hydrogen-bond donors (Lipinski definition) is 0. The molecule has 1 unspecified atom stereocenters. The second kappa shape index (κ2) is 9.35. The molecule has 1 atom stereocenters. The fraction of sp³-hybridized carbons (Fsp3) is 0.240. The van der Waals surface area contributed by atoms with Crippen LogP contribution in [-0.4, -0.2) is 31.0 Å². The van der Waals surface area contributed by atoms with Crippen molar-refractivity contribution in [3.8, 4) is 17.2 Å². The lowest BCUT2D eigenvalue weighted by Gasteiger charge is -2.24. The molecule has 0 bridgehead atoms. The molecule has 2 aliphatic heterocycles. The second-order valence-electron chi connectivity index (χ2n) is 7.80. The lowest BCUT2D eigenvalue weighted by molar-refractivity contribution is -0.139. The van der Waals surface area contributed by atoms with Gasteiger partial charge in [-0.1, -0.05) is 39.4 Å². The van der Waals surface area contributed by atoms with Crippen LogP contribution in [0.15, 0.2) is 61.9 Å². The summed E-state index contributed by atoms with van der Waals surface area (Å²) in [6.07, 6.45) is 1.78. The number of allylic oxidation sites excluding steroid dienone is 1. The molecule has 0 fully saturated rings. The van der Waals surface area contributed by atoms with Crippen molar-refractivity contribution >= 4 is 39.3 Å². The van der Waals surface area contributed by atoms with Crippen molar-refractivity contribution in [2.45, 2.75) is 19.9 Å². The van der Waals surface area contributed by atoms with E-state index in [1.807, 2.05) is 24.3 Å². The number of hydrogen-bond acceptors (Lipinski definition) is 8. The van der Waals surface area contributed by atoms with Crippen molar-refractivity contribution in [1.82, 2.24) is 4.57 Å². The molecule has 3 aromatic rings. The van der Waals surface area contributed by atoms with Crippen LogP contribution in [0.3, 0.4) is 0 Å². The van der Waals surface area contributed by atoms with Crippen molar-refractivity contribution in [3.05, 3.63) is 83.0 Å². The van der Waals surface area contributed by atoms with Crippen molar-refractivity contribution in [2.24, 2.45) is 4.99 Å². The molecule has 0 N–H and O–H groups in total. The van der Waals surface area contributed by atoms with Gasteiger partial charge in [0.25, 0.3) is 5.56 Å². The third kappa shape index (κ3) is 4.17. The van der Waals surface area contributed by atoms with Crippen molar-refractivity contribution in [3.63, 3.8) is 0 Å². The number of benzene rings is 2. The molecular weight excluding hydrogens is 536 g/mol. The van der Waals surface area contributed by atoms with Crippen LogP contribution in [0.25, 0.3) is 6.08 Å². The number of thiazole rings is 1. The van der Waals surface area contributed by atoms with Crippen LogP contribution < -0.4 is 29.1 Å². The van der Waals surface area contributed by atoms with E-state index >= 15 is 0 Å². The first-order valence-electron chi connectivity index (χ1n) is 10.8. The summed E-state index contributed by atoms with van der Waals surface area (Å²) in [6.45, 7) is 3.88. The smallest absolute Gasteiger partial charge is 0.338 e. The number of carbonyl (C=O) groups excluding carboxylic acids is 1. The van der Waals surface area contributed by atoms with Gasteiger partial charge < -0.3 is 18.9 Å². The fourth-order valence-corrected chi connectivity index (χ4v) is 5.55. The minimum Gasteiger partial charge on any atom is -0.497 e. The Morgan fingerprint density at radius 3 is 2.66 bits per heavy atom. The molecule has 10 heteroatoms. The summed E-state index contributed by atoms with van der Waals surface area (Å²) in [7, 11) is 1.58. The topological polar surface area (TPSA) is 88.4 Å². The summed E-state index contributed by atoms with van der Waals surface area (Å²) >= 11 is 4.81. The van der Waals surface area contributed by atoms with Crippen LogP contribution in [0.4, 0.5) is 0 Å². The number of methoxy groups -OCH3 is 1. The number of aromatic nitrogens is 1. The van der Waals surface area contributed by atoms with Gasteiger partial charge in [0.15, 0.2) is 16.3 Å². The van der Waals surface area contributed by atoms with Crippen LogP contribution in [0.2, 0.25) is 0 Å². The van der Waals surface area contributed by atoms with Gasteiger partial charge in [-0.05, 0) is 55.3 Å². The predicted molar refractivity (Wildman–Crippen MR) is 134 cm³/mol. The van der Waals surface area contributed by atoms with Crippen LogP contribution in [0.5, 0.6) is 17.2 Å². The Morgan fingerprint density at radius 1 is 1.26 bits per heavy atom. The average molecular weight is 557 g/mol. The van der Waals surface area contributed by atoms with Crippen LogP contribution in [0, 0.1) is 0 Å². The summed E-state index contributed by atoms with van der Waals surface area (Å²) in [5.74, 6) is 1.43. The number of esters is 1. The summed E-state index contributed by atoms with van der Waals surface area (Å²) in [4.78, 5) is 31.8. The van der Waals surface area contributed by atoms with Gasteiger partial charge in [0.05, 0.1) is 35.6 Å². The lowest BCUT2D eigenvalue weighted by Crippen LogP contribution is -2.39. The molecule has 35 heavy (non-hydrogen) atoms. The van der Waals surface area contributed by atoms with Gasteiger partial charge in [-0.15, -0.1) is 0 Å². The zero-order chi connectivity index (χ0) is 24.7. The maximum atomic E-state index is 13.7. The number of nitrogens with zero attached hydrogens (tertiary/aromatic N) is 2. The fourth-order valence-electron chi connectivity index (χ4n) is 4.08. The first kappa shape index (κ1) is 23.4. The summed E-state index contributed by atoms with van der Waals surface area (Å²) in [5.41, 5.74) is 2.11. The van der Waals surface area contributed by atoms with Gasteiger partial charge in [-0.3, -0.25) is 9.36 Å². The van der Waals surface area contributed by atoms with Crippen molar-refractivity contribution in [2.75, 3.05) is 20.5 Å². The monoisotopic (exact) mass is 556 g/mol. The van der Waals surface area contributed by atoms with E-state index in [1.165, 1.54) is 11.3 Å². The van der Waals surface area contributed by atoms with Crippen molar-refractivity contribution in [1.29, 1.82) is 0 Å². The Bertz CT molecular complexity index is 1540. The zero-order valence-corrected chi connectivity index (χ0v) is 21.6. The number of carbonyl (C=O) groups is 1. The maximum absolute atomic E-state index is 13.7. The van der Waals surface area contributed by atoms with E-state index in [1.54, 1.807) is 43.7 Å². The van der Waals surface area contributed by atoms with E-state index in [-0.39, 0.29) is 19.0 Å². The molecule has 180 valence electrons. The van der Waals surface area contributed by atoms with E-state index in [0.717, 1.165) is 15.6 Å². The highest BCUT2D eigenvalue weighted by Crippen LogP contribution is 2.37. The highest BCUT2D eigenvalue weighted by atomic mass is 79.9. The van der Waals surface area contributed by atoms with Gasteiger partial charge in [-0.25, -0.2) is 9.79 Å². The average Bonchev–Trinajstić information content (AvgIpc) is 3.42. The number of halogens is 1. The molecule has 0 radical (unpaired) electrons. The largest absolute Gasteiger partial charge is 0.497 e. The Balaban J connectivity index is 1.70. The maximum Gasteiger partial charge on any atom is 0.338 e. The van der Waals surface area contributed by atoms with E-state index < -0.39 is 12.0 Å². The molecule has 0 amide bonds. The first-order valence-corrected chi connectivity index (χ1v) is 12.4. The molecule has 0 saturated heterocycles. The molecular formula is C25H21BrN2O6S. The summed E-state index contributed by atoms with van der Waals surface area (Å²) in [5, 5.41) is 0. The number of fused-ring (bicyclic) bond motifs is 2. The highest BCUT2D eigenvalue weighted by molar-refractivity contribution is 9.10. The van der Waals surface area contributed by atoms with E-state index in [2.05, 4.69) is 20.9 Å². The van der Waals surface area contributed by atoms with Crippen LogP contribution >= 0.6 is 27.3 Å². The van der Waals surface area contributed by atoms with E-state index in [9.17, 15) is 9.59 Å². The molecule has 1 aromatic heterocycles. The summed E-state index contributed by atoms with van der Waals surface area (Å²) < 4.78 is 24.3. The van der Waals surface area contributed by atoms with Gasteiger partial charge >= 0.3 is 5.97 Å². The molecule has 8 nitrogen and oxygen atoms in total. The van der Waals surface area contributed by atoms with E-state index in [4.69, 9.17) is 18.9 Å². The quantitative estimate of drug-likeness (QED) is 0.448. The predicted octanol–water partition coefficient (Wildman–Crippen LogP) is 3.30. The zero-order valence-electron chi connectivity index (χ0n) is 19.2.